The fourth-order valence-corrected chi connectivity index (χ4v) is 5.21. The van der Waals surface area contributed by atoms with Crippen LogP contribution < -0.4 is 5.32 Å². The van der Waals surface area contributed by atoms with Crippen LogP contribution in [-0.4, -0.2) is 61.6 Å². The number of ether oxygens (including phenoxy) is 2. The number of methoxy groups -OCH3 is 2. The van der Waals surface area contributed by atoms with Gasteiger partial charge < -0.3 is 19.7 Å². The van der Waals surface area contributed by atoms with Crippen LogP contribution >= 0.6 is 11.8 Å². The number of nitrogens with one attached hydrogen (secondary N) is 1. The molecule has 3 rings (SSSR count). The first-order valence-electron chi connectivity index (χ1n) is 9.69. The van der Waals surface area contributed by atoms with Crippen molar-refractivity contribution in [1.29, 1.82) is 0 Å². The van der Waals surface area contributed by atoms with Crippen LogP contribution in [0.1, 0.15) is 31.2 Å². The molecule has 0 radical (unpaired) electrons. The van der Waals surface area contributed by atoms with Crippen LogP contribution in [0, 0.1) is 0 Å². The van der Waals surface area contributed by atoms with Gasteiger partial charge in [0.1, 0.15) is 6.54 Å². The lowest BCUT2D eigenvalue weighted by molar-refractivity contribution is -0.137. The second-order valence-electron chi connectivity index (χ2n) is 7.07. The van der Waals surface area contributed by atoms with Gasteiger partial charge in [-0.2, -0.15) is 0 Å². The fourth-order valence-electron chi connectivity index (χ4n) is 3.73. The number of amides is 2. The molecule has 1 N–H and O–H groups in total. The van der Waals surface area contributed by atoms with Crippen molar-refractivity contribution in [2.75, 3.05) is 27.3 Å². The minimum Gasteiger partial charge on any atom is -0.354 e. The molecule has 0 bridgehead atoms. The summed E-state index contributed by atoms with van der Waals surface area (Å²) in [6.07, 6.45) is 5.74. The molecule has 2 unspecified atom stereocenters. The molecule has 1 heterocycles. The zero-order chi connectivity index (χ0) is 19.9. The van der Waals surface area contributed by atoms with Gasteiger partial charge in [-0.15, -0.1) is 11.8 Å². The standard InChI is InChI=1S/C21H28N2O4S/c1-26-20(27-2)13-22-19(24)14-23-16-10-6-7-11-17(16)28-18(21(23)25)12-15-8-4-3-5-9-15/h3-5,8-9,12,16-17,20H,6-7,10-11,13-14H2,1-2H3,(H,22,24)/b18-12-. The maximum atomic E-state index is 13.2. The van der Waals surface area contributed by atoms with E-state index >= 15 is 0 Å². The second-order valence-corrected chi connectivity index (χ2v) is 8.35. The van der Waals surface area contributed by atoms with Crippen molar-refractivity contribution in [1.82, 2.24) is 10.2 Å². The van der Waals surface area contributed by atoms with Gasteiger partial charge in [0.15, 0.2) is 6.29 Å². The zero-order valence-electron chi connectivity index (χ0n) is 16.4. The van der Waals surface area contributed by atoms with E-state index in [9.17, 15) is 9.59 Å². The van der Waals surface area contributed by atoms with Gasteiger partial charge in [0.2, 0.25) is 5.91 Å². The summed E-state index contributed by atoms with van der Waals surface area (Å²) in [6.45, 7) is 0.316. The Morgan fingerprint density at radius 2 is 1.96 bits per heavy atom. The van der Waals surface area contributed by atoms with Crippen molar-refractivity contribution >= 4 is 29.7 Å². The highest BCUT2D eigenvalue weighted by molar-refractivity contribution is 8.04. The number of rotatable bonds is 7. The summed E-state index contributed by atoms with van der Waals surface area (Å²) < 4.78 is 10.2. The Labute approximate surface area is 170 Å². The van der Waals surface area contributed by atoms with Crippen LogP contribution in [0.4, 0.5) is 0 Å². The number of benzene rings is 1. The van der Waals surface area contributed by atoms with Gasteiger partial charge in [-0.05, 0) is 24.5 Å². The molecule has 1 saturated heterocycles. The van der Waals surface area contributed by atoms with Gasteiger partial charge in [0.25, 0.3) is 5.91 Å². The number of hydrogen-bond donors (Lipinski definition) is 1. The fraction of sp³-hybridized carbons (Fsp3) is 0.524. The van der Waals surface area contributed by atoms with E-state index in [2.05, 4.69) is 5.32 Å². The number of nitrogens with zero attached hydrogens (tertiary/aromatic N) is 1. The Hall–Kier alpha value is -1.83. The van der Waals surface area contributed by atoms with Gasteiger partial charge in [-0.3, -0.25) is 9.59 Å². The number of carbonyl (C=O) groups excluding carboxylic acids is 2. The van der Waals surface area contributed by atoms with E-state index in [4.69, 9.17) is 9.47 Å². The van der Waals surface area contributed by atoms with E-state index < -0.39 is 6.29 Å². The average molecular weight is 405 g/mol. The van der Waals surface area contributed by atoms with Crippen molar-refractivity contribution in [3.05, 3.63) is 40.8 Å². The molecule has 28 heavy (non-hydrogen) atoms. The Kier molecular flexibility index (Phi) is 7.53. The van der Waals surface area contributed by atoms with Crippen LogP contribution in [0.15, 0.2) is 35.2 Å². The van der Waals surface area contributed by atoms with Crippen molar-refractivity contribution < 1.29 is 19.1 Å². The van der Waals surface area contributed by atoms with Gasteiger partial charge in [-0.25, -0.2) is 0 Å². The minimum absolute atomic E-state index is 0.0535. The van der Waals surface area contributed by atoms with Gasteiger partial charge in [0, 0.05) is 25.5 Å². The number of fused-ring (bicyclic) bond motifs is 1. The molecule has 1 aromatic carbocycles. The third-order valence-electron chi connectivity index (χ3n) is 5.22. The molecular formula is C21H28N2O4S. The maximum Gasteiger partial charge on any atom is 0.261 e. The molecule has 1 aromatic rings. The lowest BCUT2D eigenvalue weighted by Crippen LogP contribution is -2.54. The average Bonchev–Trinajstić information content (AvgIpc) is 2.72. The topological polar surface area (TPSA) is 67.9 Å². The van der Waals surface area contributed by atoms with E-state index in [-0.39, 0.29) is 30.9 Å². The third kappa shape index (κ3) is 5.16. The second kappa shape index (κ2) is 10.1. The predicted molar refractivity (Wildman–Crippen MR) is 111 cm³/mol. The summed E-state index contributed by atoms with van der Waals surface area (Å²) in [5.74, 6) is -0.245. The molecule has 7 heteroatoms. The zero-order valence-corrected chi connectivity index (χ0v) is 17.2. The third-order valence-corrected chi connectivity index (χ3v) is 6.62. The smallest absolute Gasteiger partial charge is 0.261 e. The number of thioether (sulfide) groups is 1. The Morgan fingerprint density at radius 3 is 2.68 bits per heavy atom. The monoisotopic (exact) mass is 404 g/mol. The summed E-state index contributed by atoms with van der Waals surface area (Å²) in [5.41, 5.74) is 1.00. The molecule has 1 saturated carbocycles. The SMILES string of the molecule is COC(CNC(=O)CN1C(=O)/C(=C/c2ccccc2)SC2CCCCC21)OC. The Balaban J connectivity index is 1.73. The summed E-state index contributed by atoms with van der Waals surface area (Å²) in [5, 5.41) is 3.15. The molecule has 2 atom stereocenters. The van der Waals surface area contributed by atoms with E-state index in [1.165, 1.54) is 20.6 Å². The van der Waals surface area contributed by atoms with Crippen LogP contribution in [0.2, 0.25) is 0 Å². The van der Waals surface area contributed by atoms with E-state index in [1.807, 2.05) is 36.4 Å². The highest BCUT2D eigenvalue weighted by Gasteiger charge is 2.41. The van der Waals surface area contributed by atoms with Gasteiger partial charge in [-0.1, -0.05) is 43.2 Å². The first-order chi connectivity index (χ1) is 13.6. The van der Waals surface area contributed by atoms with Crippen LogP contribution in [0.5, 0.6) is 0 Å². The lowest BCUT2D eigenvalue weighted by Gasteiger charge is -2.43. The predicted octanol–water partition coefficient (Wildman–Crippen LogP) is 2.65. The maximum absolute atomic E-state index is 13.2. The largest absolute Gasteiger partial charge is 0.354 e. The Morgan fingerprint density at radius 1 is 1.25 bits per heavy atom. The van der Waals surface area contributed by atoms with Crippen molar-refractivity contribution in [2.24, 2.45) is 0 Å². The summed E-state index contributed by atoms with van der Waals surface area (Å²) in [4.78, 5) is 28.1. The minimum atomic E-state index is -0.493. The first-order valence-corrected chi connectivity index (χ1v) is 10.6. The highest BCUT2D eigenvalue weighted by Crippen LogP contribution is 2.42. The van der Waals surface area contributed by atoms with Crippen LogP contribution in [0.3, 0.4) is 0 Å². The molecule has 2 aliphatic rings. The quantitative estimate of drug-likeness (QED) is 0.559. The lowest BCUT2D eigenvalue weighted by atomic mass is 9.93. The van der Waals surface area contributed by atoms with E-state index in [1.54, 1.807) is 16.7 Å². The highest BCUT2D eigenvalue weighted by atomic mass is 32.2. The summed E-state index contributed by atoms with van der Waals surface area (Å²) in [6, 6.07) is 9.97. The van der Waals surface area contributed by atoms with E-state index in [0.717, 1.165) is 24.8 Å². The molecule has 0 aromatic heterocycles. The summed E-state index contributed by atoms with van der Waals surface area (Å²) >= 11 is 1.67. The Bertz CT molecular complexity index is 706. The molecule has 0 spiro atoms. The van der Waals surface area contributed by atoms with Crippen molar-refractivity contribution in [3.8, 4) is 0 Å². The molecule has 1 aliphatic heterocycles. The van der Waals surface area contributed by atoms with Crippen LogP contribution in [-0.2, 0) is 19.1 Å². The molecule has 1 aliphatic carbocycles. The molecular weight excluding hydrogens is 376 g/mol. The molecule has 2 fully saturated rings. The first kappa shape index (κ1) is 20.9. The molecule has 6 nitrogen and oxygen atoms in total. The van der Waals surface area contributed by atoms with Gasteiger partial charge >= 0.3 is 0 Å². The molecule has 2 amide bonds. The van der Waals surface area contributed by atoms with Gasteiger partial charge in [0.05, 0.1) is 11.4 Å². The van der Waals surface area contributed by atoms with Crippen LogP contribution in [0.25, 0.3) is 6.08 Å². The van der Waals surface area contributed by atoms with Crippen molar-refractivity contribution in [2.45, 2.75) is 43.3 Å². The number of carbonyl (C=O) groups is 2. The van der Waals surface area contributed by atoms with Crippen molar-refractivity contribution in [3.63, 3.8) is 0 Å². The number of hydrogen-bond acceptors (Lipinski definition) is 5. The molecule has 152 valence electrons. The normalized spacial score (nSPS) is 23.8. The van der Waals surface area contributed by atoms with E-state index in [0.29, 0.717) is 10.2 Å². The summed E-state index contributed by atoms with van der Waals surface area (Å²) in [7, 11) is 3.05.